The first-order valence-electron chi connectivity index (χ1n) is 8.41. The smallest absolute Gasteiger partial charge is 0.274 e. The lowest BCUT2D eigenvalue weighted by molar-refractivity contribution is -0.144. The minimum Gasteiger partial charge on any atom is -0.344 e. The second-order valence-electron chi connectivity index (χ2n) is 6.67. The number of aromatic nitrogens is 2. The van der Waals surface area contributed by atoms with E-state index < -0.39 is 5.54 Å². The Bertz CT molecular complexity index is 822. The fourth-order valence-electron chi connectivity index (χ4n) is 4.03. The molecule has 0 N–H and O–H groups in total. The molecule has 1 atom stereocenters. The zero-order valence-electron chi connectivity index (χ0n) is 13.7. The van der Waals surface area contributed by atoms with Gasteiger partial charge < -0.3 is 9.80 Å². The Balaban J connectivity index is 1.70. The number of rotatable bonds is 1. The second kappa shape index (κ2) is 5.54. The normalized spacial score (nSPS) is 24.1. The van der Waals surface area contributed by atoms with Crippen LogP contribution in [-0.2, 0) is 4.79 Å². The number of carbonyl (C=O) groups excluding carboxylic acids is 2. The maximum Gasteiger partial charge on any atom is 0.274 e. The summed E-state index contributed by atoms with van der Waals surface area (Å²) in [5.74, 6) is -0.122. The van der Waals surface area contributed by atoms with Crippen LogP contribution in [0.4, 0.5) is 0 Å². The number of hydrogen-bond acceptors (Lipinski definition) is 4. The average molecular weight is 324 g/mol. The Morgan fingerprint density at radius 2 is 1.83 bits per heavy atom. The monoisotopic (exact) mass is 324 g/mol. The number of amides is 2. The molecule has 1 spiro atoms. The summed E-state index contributed by atoms with van der Waals surface area (Å²) in [7, 11) is 1.82. The van der Waals surface area contributed by atoms with Crippen molar-refractivity contribution in [3.8, 4) is 0 Å². The molecule has 2 amide bonds. The predicted molar refractivity (Wildman–Crippen MR) is 89.4 cm³/mol. The molecular formula is C18H20N4O2. The van der Waals surface area contributed by atoms with E-state index in [1.807, 2.05) is 31.3 Å². The topological polar surface area (TPSA) is 66.4 Å². The van der Waals surface area contributed by atoms with Gasteiger partial charge in [-0.1, -0.05) is 12.1 Å². The number of nitrogens with zero attached hydrogens (tertiary/aromatic N) is 4. The SMILES string of the molecule is CN1CCCC2(CCCN2C(=O)c2cnc3ccccc3n2)C1=O. The van der Waals surface area contributed by atoms with E-state index in [1.54, 1.807) is 9.80 Å². The molecule has 124 valence electrons. The molecule has 6 heteroatoms. The molecule has 2 saturated heterocycles. The summed E-state index contributed by atoms with van der Waals surface area (Å²) >= 11 is 0. The summed E-state index contributed by atoms with van der Waals surface area (Å²) in [6.45, 7) is 1.37. The van der Waals surface area contributed by atoms with Gasteiger partial charge in [-0.3, -0.25) is 14.6 Å². The average Bonchev–Trinajstić information content (AvgIpc) is 3.03. The molecular weight excluding hydrogens is 304 g/mol. The van der Waals surface area contributed by atoms with Crippen LogP contribution in [0.15, 0.2) is 30.5 Å². The molecule has 0 aliphatic carbocycles. The Kier molecular flexibility index (Phi) is 3.48. The molecule has 4 rings (SSSR count). The summed E-state index contributed by atoms with van der Waals surface area (Å²) in [4.78, 5) is 38.2. The van der Waals surface area contributed by atoms with Gasteiger partial charge in [0.2, 0.25) is 5.91 Å². The molecule has 2 aliphatic rings. The van der Waals surface area contributed by atoms with Crippen LogP contribution in [0.5, 0.6) is 0 Å². The van der Waals surface area contributed by atoms with Gasteiger partial charge in [0.05, 0.1) is 17.2 Å². The van der Waals surface area contributed by atoms with Crippen molar-refractivity contribution in [1.29, 1.82) is 0 Å². The van der Waals surface area contributed by atoms with E-state index in [1.165, 1.54) is 6.20 Å². The molecule has 2 aromatic rings. The number of hydrogen-bond donors (Lipinski definition) is 0. The number of piperidine rings is 1. The van der Waals surface area contributed by atoms with Gasteiger partial charge in [-0.15, -0.1) is 0 Å². The van der Waals surface area contributed by atoms with E-state index in [4.69, 9.17) is 0 Å². The molecule has 0 radical (unpaired) electrons. The second-order valence-corrected chi connectivity index (χ2v) is 6.67. The quantitative estimate of drug-likeness (QED) is 0.803. The first kappa shape index (κ1) is 15.1. The minimum absolute atomic E-state index is 0.0633. The molecule has 2 fully saturated rings. The number of benzene rings is 1. The van der Waals surface area contributed by atoms with Gasteiger partial charge in [0.1, 0.15) is 11.2 Å². The summed E-state index contributed by atoms with van der Waals surface area (Å²) < 4.78 is 0. The summed E-state index contributed by atoms with van der Waals surface area (Å²) in [5, 5.41) is 0. The van der Waals surface area contributed by atoms with Gasteiger partial charge in [0.25, 0.3) is 5.91 Å². The van der Waals surface area contributed by atoms with Crippen molar-refractivity contribution in [2.45, 2.75) is 31.2 Å². The molecule has 24 heavy (non-hydrogen) atoms. The third kappa shape index (κ3) is 2.17. The standard InChI is InChI=1S/C18H20N4O2/c1-21-10-4-8-18(17(21)24)9-5-11-22(18)16(23)15-12-19-13-6-2-3-7-14(13)20-15/h2-3,6-7,12H,4-5,8-11H2,1H3. The fraction of sp³-hybridized carbons (Fsp3) is 0.444. The highest BCUT2D eigenvalue weighted by Gasteiger charge is 2.52. The van der Waals surface area contributed by atoms with E-state index in [0.717, 1.165) is 37.7 Å². The van der Waals surface area contributed by atoms with Crippen molar-refractivity contribution in [2.24, 2.45) is 0 Å². The van der Waals surface area contributed by atoms with Crippen LogP contribution >= 0.6 is 0 Å². The van der Waals surface area contributed by atoms with E-state index in [0.29, 0.717) is 17.8 Å². The van der Waals surface area contributed by atoms with Gasteiger partial charge in [-0.25, -0.2) is 4.98 Å². The van der Waals surface area contributed by atoms with Gasteiger partial charge in [-0.2, -0.15) is 0 Å². The first-order chi connectivity index (χ1) is 11.6. The van der Waals surface area contributed by atoms with Crippen molar-refractivity contribution in [3.63, 3.8) is 0 Å². The molecule has 0 saturated carbocycles. The maximum absolute atomic E-state index is 13.1. The lowest BCUT2D eigenvalue weighted by Crippen LogP contribution is -2.60. The summed E-state index contributed by atoms with van der Waals surface area (Å²) in [5.41, 5.74) is 1.09. The van der Waals surface area contributed by atoms with Crippen LogP contribution in [0, 0.1) is 0 Å². The number of fused-ring (bicyclic) bond motifs is 1. The van der Waals surface area contributed by atoms with Crippen molar-refractivity contribution in [1.82, 2.24) is 19.8 Å². The molecule has 6 nitrogen and oxygen atoms in total. The molecule has 1 unspecified atom stereocenters. The zero-order valence-corrected chi connectivity index (χ0v) is 13.7. The lowest BCUT2D eigenvalue weighted by atomic mass is 9.85. The van der Waals surface area contributed by atoms with Crippen molar-refractivity contribution < 1.29 is 9.59 Å². The molecule has 3 heterocycles. The largest absolute Gasteiger partial charge is 0.344 e. The highest BCUT2D eigenvalue weighted by atomic mass is 16.2. The van der Waals surface area contributed by atoms with Crippen molar-refractivity contribution in [2.75, 3.05) is 20.1 Å². The predicted octanol–water partition coefficient (Wildman–Crippen LogP) is 1.86. The third-order valence-electron chi connectivity index (χ3n) is 5.23. The minimum atomic E-state index is -0.683. The van der Waals surface area contributed by atoms with Crippen LogP contribution in [0.2, 0.25) is 0 Å². The van der Waals surface area contributed by atoms with E-state index in [-0.39, 0.29) is 11.8 Å². The van der Waals surface area contributed by atoms with Gasteiger partial charge in [0, 0.05) is 20.1 Å². The maximum atomic E-state index is 13.1. The molecule has 2 aliphatic heterocycles. The third-order valence-corrected chi connectivity index (χ3v) is 5.23. The van der Waals surface area contributed by atoms with Gasteiger partial charge >= 0.3 is 0 Å². The van der Waals surface area contributed by atoms with Crippen LogP contribution < -0.4 is 0 Å². The molecule has 0 bridgehead atoms. The van der Waals surface area contributed by atoms with E-state index >= 15 is 0 Å². The van der Waals surface area contributed by atoms with Crippen molar-refractivity contribution in [3.05, 3.63) is 36.2 Å². The van der Waals surface area contributed by atoms with Crippen LogP contribution in [0.3, 0.4) is 0 Å². The van der Waals surface area contributed by atoms with Gasteiger partial charge in [-0.05, 0) is 37.8 Å². The fourth-order valence-corrected chi connectivity index (χ4v) is 4.03. The van der Waals surface area contributed by atoms with E-state index in [2.05, 4.69) is 9.97 Å². The Morgan fingerprint density at radius 1 is 1.12 bits per heavy atom. The summed E-state index contributed by atoms with van der Waals surface area (Å²) in [6, 6.07) is 7.48. The first-order valence-corrected chi connectivity index (χ1v) is 8.41. The van der Waals surface area contributed by atoms with E-state index in [9.17, 15) is 9.59 Å². The summed E-state index contributed by atoms with van der Waals surface area (Å²) in [6.07, 6.45) is 4.78. The van der Waals surface area contributed by atoms with Gasteiger partial charge in [0.15, 0.2) is 0 Å². The molecule has 1 aromatic heterocycles. The zero-order chi connectivity index (χ0) is 16.7. The lowest BCUT2D eigenvalue weighted by Gasteiger charge is -2.43. The van der Waals surface area contributed by atoms with Crippen LogP contribution in [0.25, 0.3) is 11.0 Å². The highest BCUT2D eigenvalue weighted by molar-refractivity contribution is 5.99. The Morgan fingerprint density at radius 3 is 2.62 bits per heavy atom. The number of likely N-dealkylation sites (tertiary alicyclic amines) is 2. The van der Waals surface area contributed by atoms with Crippen LogP contribution in [-0.4, -0.2) is 57.3 Å². The number of para-hydroxylation sites is 2. The number of carbonyl (C=O) groups is 2. The Labute approximate surface area is 140 Å². The van der Waals surface area contributed by atoms with Crippen LogP contribution in [0.1, 0.15) is 36.2 Å². The highest BCUT2D eigenvalue weighted by Crippen LogP contribution is 2.38. The van der Waals surface area contributed by atoms with Crippen molar-refractivity contribution >= 4 is 22.8 Å². The Hall–Kier alpha value is -2.50. The molecule has 1 aromatic carbocycles. The number of likely N-dealkylation sites (N-methyl/N-ethyl adjacent to an activating group) is 1.